The van der Waals surface area contributed by atoms with Crippen LogP contribution >= 0.6 is 0 Å². The Morgan fingerprint density at radius 1 is 1.18 bits per heavy atom. The fraction of sp³-hybridized carbons (Fsp3) is 0.550. The van der Waals surface area contributed by atoms with E-state index in [0.717, 1.165) is 19.1 Å². The third-order valence-corrected chi connectivity index (χ3v) is 3.86. The molecule has 1 aromatic carbocycles. The van der Waals surface area contributed by atoms with Crippen LogP contribution in [0.1, 0.15) is 55.8 Å². The first-order valence-corrected chi connectivity index (χ1v) is 9.62. The molecule has 0 aliphatic carbocycles. The first-order valence-electron chi connectivity index (χ1n) is 9.62. The number of aldehydes is 1. The average Bonchev–Trinajstić information content (AvgIpc) is 2.70. The van der Waals surface area contributed by atoms with Crippen LogP contribution in [-0.4, -0.2) is 48.9 Å². The Morgan fingerprint density at radius 2 is 1.79 bits per heavy atom. The minimum Gasteiger partial charge on any atom is -0.480 e. The first kappa shape index (κ1) is 25.7. The molecule has 1 atom stereocenters. The van der Waals surface area contributed by atoms with Crippen LogP contribution in [0.5, 0.6) is 0 Å². The number of carbonyl (C=O) groups excluding carboxylic acids is 2. The predicted octanol–water partition coefficient (Wildman–Crippen LogP) is 1.74. The summed E-state index contributed by atoms with van der Waals surface area (Å²) in [5, 5.41) is 14.2. The second-order valence-electron chi connectivity index (χ2n) is 6.46. The van der Waals surface area contributed by atoms with Gasteiger partial charge in [0.15, 0.2) is 0 Å². The summed E-state index contributed by atoms with van der Waals surface area (Å²) in [5.41, 5.74) is 11.7. The van der Waals surface area contributed by atoms with Crippen molar-refractivity contribution in [2.45, 2.75) is 51.5 Å². The number of unbranched alkanes of at least 4 members (excludes halogenated alkanes) is 1. The van der Waals surface area contributed by atoms with Crippen molar-refractivity contribution in [2.75, 3.05) is 25.0 Å². The molecule has 1 heterocycles. The summed E-state index contributed by atoms with van der Waals surface area (Å²) in [4.78, 5) is 31.0. The summed E-state index contributed by atoms with van der Waals surface area (Å²) in [7, 11) is 0. The SMILES string of the molecule is C1CCNCC1.CC(=O)Nc1ccc(C=O)cc1.NCCCC[C@H](N)C(=O)O. The Bertz CT molecular complexity index is 548. The lowest BCUT2D eigenvalue weighted by molar-refractivity contribution is -0.138. The van der Waals surface area contributed by atoms with Crippen molar-refractivity contribution in [3.8, 4) is 0 Å². The zero-order valence-electron chi connectivity index (χ0n) is 16.7. The van der Waals surface area contributed by atoms with Crippen molar-refractivity contribution in [2.24, 2.45) is 11.5 Å². The Morgan fingerprint density at radius 3 is 2.14 bits per heavy atom. The zero-order chi connectivity index (χ0) is 21.2. The molecule has 0 saturated carbocycles. The van der Waals surface area contributed by atoms with E-state index in [9.17, 15) is 14.4 Å². The number of amides is 1. The molecule has 0 spiro atoms. The molecule has 1 aliphatic rings. The molecule has 0 radical (unpaired) electrons. The highest BCUT2D eigenvalue weighted by Gasteiger charge is 2.09. The fourth-order valence-electron chi connectivity index (χ4n) is 2.28. The largest absolute Gasteiger partial charge is 0.480 e. The van der Waals surface area contributed by atoms with Gasteiger partial charge in [0.25, 0.3) is 0 Å². The van der Waals surface area contributed by atoms with E-state index in [-0.39, 0.29) is 5.91 Å². The van der Waals surface area contributed by atoms with Gasteiger partial charge in [0.1, 0.15) is 12.3 Å². The number of nitrogens with one attached hydrogen (secondary N) is 2. The lowest BCUT2D eigenvalue weighted by atomic mass is 10.1. The summed E-state index contributed by atoms with van der Waals surface area (Å²) < 4.78 is 0. The normalized spacial score (nSPS) is 13.7. The zero-order valence-corrected chi connectivity index (χ0v) is 16.7. The second kappa shape index (κ2) is 16.9. The standard InChI is InChI=1S/C9H9NO2.C6H14N2O2.C5H11N/c1-7(12)10-9-4-2-8(6-11)3-5-9;7-4-2-1-3-5(8)6(9)10;1-2-4-6-5-3-1/h2-6H,1H3,(H,10,12);5H,1-4,7-8H2,(H,9,10);6H,1-5H2/t;5-;/m.0./s1. The molecule has 0 unspecified atom stereocenters. The number of rotatable bonds is 7. The average molecular weight is 395 g/mol. The van der Waals surface area contributed by atoms with E-state index in [2.05, 4.69) is 10.6 Å². The van der Waals surface area contributed by atoms with Crippen LogP contribution in [0.2, 0.25) is 0 Å². The van der Waals surface area contributed by atoms with Crippen molar-refractivity contribution in [3.05, 3.63) is 29.8 Å². The highest BCUT2D eigenvalue weighted by Crippen LogP contribution is 2.07. The monoisotopic (exact) mass is 394 g/mol. The van der Waals surface area contributed by atoms with Crippen LogP contribution in [0.15, 0.2) is 24.3 Å². The summed E-state index contributed by atoms with van der Waals surface area (Å²) in [6.07, 6.45) is 7.14. The van der Waals surface area contributed by atoms with Crippen LogP contribution in [-0.2, 0) is 9.59 Å². The molecule has 8 heteroatoms. The predicted molar refractivity (Wildman–Crippen MR) is 111 cm³/mol. The summed E-state index contributed by atoms with van der Waals surface area (Å²) in [6, 6.07) is 5.96. The number of hydrogen-bond acceptors (Lipinski definition) is 6. The van der Waals surface area contributed by atoms with Crippen LogP contribution in [0, 0.1) is 0 Å². The van der Waals surface area contributed by atoms with Gasteiger partial charge in [-0.3, -0.25) is 14.4 Å². The van der Waals surface area contributed by atoms with E-state index >= 15 is 0 Å². The molecule has 158 valence electrons. The van der Waals surface area contributed by atoms with Crippen LogP contribution in [0.3, 0.4) is 0 Å². The quantitative estimate of drug-likeness (QED) is 0.349. The van der Waals surface area contributed by atoms with E-state index in [0.29, 0.717) is 24.2 Å². The maximum atomic E-state index is 10.6. The van der Waals surface area contributed by atoms with E-state index in [1.807, 2.05) is 0 Å². The molecule has 0 bridgehead atoms. The highest BCUT2D eigenvalue weighted by atomic mass is 16.4. The second-order valence-corrected chi connectivity index (χ2v) is 6.46. The topological polar surface area (TPSA) is 148 Å². The third-order valence-electron chi connectivity index (χ3n) is 3.86. The maximum Gasteiger partial charge on any atom is 0.320 e. The molecular formula is C20H34N4O4. The minimum atomic E-state index is -0.933. The Kier molecular flexibility index (Phi) is 15.5. The molecular weight excluding hydrogens is 360 g/mol. The molecule has 8 nitrogen and oxygen atoms in total. The molecule has 2 rings (SSSR count). The summed E-state index contributed by atoms with van der Waals surface area (Å²) >= 11 is 0. The van der Waals surface area contributed by atoms with Crippen LogP contribution in [0.4, 0.5) is 5.69 Å². The number of carboxylic acids is 1. The molecule has 1 fully saturated rings. The van der Waals surface area contributed by atoms with Crippen molar-refractivity contribution < 1.29 is 19.5 Å². The van der Waals surface area contributed by atoms with E-state index in [1.54, 1.807) is 24.3 Å². The summed E-state index contributed by atoms with van der Waals surface area (Å²) in [5.74, 6) is -1.05. The number of carbonyl (C=O) groups is 3. The van der Waals surface area contributed by atoms with E-state index in [4.69, 9.17) is 16.6 Å². The van der Waals surface area contributed by atoms with Crippen molar-refractivity contribution in [3.63, 3.8) is 0 Å². The number of carboxylic acid groups (broad SMARTS) is 1. The Balaban J connectivity index is 0.000000411. The Labute approximate surface area is 167 Å². The number of nitrogens with two attached hydrogens (primary N) is 2. The maximum absolute atomic E-state index is 10.6. The molecule has 1 aromatic rings. The van der Waals surface area contributed by atoms with Gasteiger partial charge in [-0.2, -0.15) is 0 Å². The number of piperidine rings is 1. The molecule has 1 aliphatic heterocycles. The van der Waals surface area contributed by atoms with Gasteiger partial charge >= 0.3 is 5.97 Å². The minimum absolute atomic E-state index is 0.117. The fourth-order valence-corrected chi connectivity index (χ4v) is 2.28. The van der Waals surface area contributed by atoms with Gasteiger partial charge in [-0.15, -0.1) is 0 Å². The third kappa shape index (κ3) is 14.8. The van der Waals surface area contributed by atoms with Gasteiger partial charge < -0.3 is 27.2 Å². The lowest BCUT2D eigenvalue weighted by Crippen LogP contribution is -2.29. The molecule has 0 aromatic heterocycles. The molecule has 1 amide bonds. The van der Waals surface area contributed by atoms with Gasteiger partial charge in [0.05, 0.1) is 0 Å². The van der Waals surface area contributed by atoms with Crippen LogP contribution < -0.4 is 22.1 Å². The lowest BCUT2D eigenvalue weighted by Gasteiger charge is -2.08. The molecule has 7 N–H and O–H groups in total. The number of hydrogen-bond donors (Lipinski definition) is 5. The van der Waals surface area contributed by atoms with Gasteiger partial charge in [-0.05, 0) is 69.6 Å². The van der Waals surface area contributed by atoms with Gasteiger partial charge in [0.2, 0.25) is 5.91 Å². The van der Waals surface area contributed by atoms with Crippen LogP contribution in [0.25, 0.3) is 0 Å². The van der Waals surface area contributed by atoms with Gasteiger partial charge in [0, 0.05) is 18.2 Å². The van der Waals surface area contributed by atoms with Gasteiger partial charge in [-0.25, -0.2) is 0 Å². The van der Waals surface area contributed by atoms with Crippen molar-refractivity contribution in [1.82, 2.24) is 5.32 Å². The highest BCUT2D eigenvalue weighted by molar-refractivity contribution is 5.89. The number of aliphatic carboxylic acids is 1. The first-order chi connectivity index (χ1) is 13.4. The Hall–Kier alpha value is -2.29. The smallest absolute Gasteiger partial charge is 0.320 e. The summed E-state index contributed by atoms with van der Waals surface area (Å²) in [6.45, 7) is 4.54. The number of anilines is 1. The number of benzene rings is 1. The van der Waals surface area contributed by atoms with Crippen molar-refractivity contribution in [1.29, 1.82) is 0 Å². The van der Waals surface area contributed by atoms with E-state index in [1.165, 1.54) is 39.3 Å². The van der Waals surface area contributed by atoms with Crippen molar-refractivity contribution >= 4 is 23.9 Å². The molecule has 1 saturated heterocycles. The van der Waals surface area contributed by atoms with Gasteiger partial charge in [-0.1, -0.05) is 12.8 Å². The van der Waals surface area contributed by atoms with E-state index < -0.39 is 12.0 Å². The molecule has 28 heavy (non-hydrogen) atoms.